The number of ether oxygens (including phenoxy) is 3. The summed E-state index contributed by atoms with van der Waals surface area (Å²) in [7, 11) is 0. The normalized spacial score (nSPS) is 19.6. The zero-order chi connectivity index (χ0) is 22.3. The highest BCUT2D eigenvalue weighted by Crippen LogP contribution is 2.54. The van der Waals surface area contributed by atoms with E-state index in [9.17, 15) is 4.79 Å². The summed E-state index contributed by atoms with van der Waals surface area (Å²) in [6.07, 6.45) is 5.48. The molecule has 6 rings (SSSR count). The summed E-state index contributed by atoms with van der Waals surface area (Å²) in [6, 6.07) is 15.9. The van der Waals surface area contributed by atoms with Crippen LogP contribution in [0.2, 0.25) is 0 Å². The van der Waals surface area contributed by atoms with E-state index < -0.39 is 5.41 Å². The molecule has 0 saturated heterocycles. The molecule has 1 amide bonds. The average Bonchev–Trinajstić information content (AvgIpc) is 3.52. The molecule has 7 heteroatoms. The van der Waals surface area contributed by atoms with Crippen molar-refractivity contribution in [3.8, 4) is 17.2 Å². The monoisotopic (exact) mass is 443 g/mol. The van der Waals surface area contributed by atoms with Gasteiger partial charge in [-0.1, -0.05) is 24.3 Å². The number of amides is 1. The molecule has 7 nitrogen and oxygen atoms in total. The van der Waals surface area contributed by atoms with Crippen LogP contribution in [-0.4, -0.2) is 43.9 Å². The topological polar surface area (TPSA) is 72.9 Å². The number of aromatic nitrogens is 1. The van der Waals surface area contributed by atoms with Crippen molar-refractivity contribution in [2.75, 3.05) is 37.9 Å². The maximum atomic E-state index is 13.9. The third-order valence-electron chi connectivity index (χ3n) is 6.69. The predicted molar refractivity (Wildman–Crippen MR) is 123 cm³/mol. The van der Waals surface area contributed by atoms with Gasteiger partial charge in [0.1, 0.15) is 17.8 Å². The fourth-order valence-electron chi connectivity index (χ4n) is 5.05. The van der Waals surface area contributed by atoms with Crippen molar-refractivity contribution in [3.63, 3.8) is 0 Å². The fourth-order valence-corrected chi connectivity index (χ4v) is 5.05. The molecule has 0 fully saturated rings. The number of nitrogens with zero attached hydrogens (tertiary/aromatic N) is 2. The van der Waals surface area contributed by atoms with Crippen LogP contribution in [0.4, 0.5) is 5.69 Å². The smallest absolute Gasteiger partial charge is 0.245 e. The number of hydrogen-bond acceptors (Lipinski definition) is 6. The quantitative estimate of drug-likeness (QED) is 0.566. The molecule has 0 bridgehead atoms. The molecular formula is C26H25N3O4. The van der Waals surface area contributed by atoms with Crippen molar-refractivity contribution < 1.29 is 19.0 Å². The summed E-state index contributed by atoms with van der Waals surface area (Å²) in [5.74, 6) is 2.09. The van der Waals surface area contributed by atoms with E-state index in [0.717, 1.165) is 42.7 Å². The summed E-state index contributed by atoms with van der Waals surface area (Å²) < 4.78 is 17.1. The molecule has 3 aliphatic heterocycles. The number of carbonyl (C=O) groups is 1. The molecule has 0 aliphatic carbocycles. The van der Waals surface area contributed by atoms with Gasteiger partial charge < -0.3 is 24.4 Å². The molecule has 2 aromatic carbocycles. The van der Waals surface area contributed by atoms with Gasteiger partial charge in [-0.3, -0.25) is 9.78 Å². The maximum Gasteiger partial charge on any atom is 0.245 e. The molecule has 33 heavy (non-hydrogen) atoms. The minimum Gasteiger partial charge on any atom is -0.491 e. The van der Waals surface area contributed by atoms with Gasteiger partial charge in [-0.25, -0.2) is 0 Å². The molecule has 0 radical (unpaired) electrons. The second kappa shape index (κ2) is 8.08. The molecule has 1 spiro atoms. The molecule has 0 saturated carbocycles. The van der Waals surface area contributed by atoms with E-state index in [1.807, 2.05) is 53.6 Å². The Labute approximate surface area is 192 Å². The Hall–Kier alpha value is -3.58. The Morgan fingerprint density at radius 2 is 1.85 bits per heavy atom. The van der Waals surface area contributed by atoms with Gasteiger partial charge in [-0.15, -0.1) is 0 Å². The van der Waals surface area contributed by atoms with Gasteiger partial charge in [-0.2, -0.15) is 0 Å². The predicted octanol–water partition coefficient (Wildman–Crippen LogP) is 3.06. The van der Waals surface area contributed by atoms with E-state index in [4.69, 9.17) is 14.2 Å². The molecular weight excluding hydrogens is 418 g/mol. The van der Waals surface area contributed by atoms with Crippen molar-refractivity contribution in [1.29, 1.82) is 0 Å². The third kappa shape index (κ3) is 3.23. The Morgan fingerprint density at radius 1 is 0.970 bits per heavy atom. The lowest BCUT2D eigenvalue weighted by molar-refractivity contribution is -0.122. The molecule has 168 valence electrons. The van der Waals surface area contributed by atoms with Gasteiger partial charge >= 0.3 is 0 Å². The highest BCUT2D eigenvalue weighted by atomic mass is 16.7. The van der Waals surface area contributed by atoms with Gasteiger partial charge in [0, 0.05) is 36.3 Å². The average molecular weight is 444 g/mol. The van der Waals surface area contributed by atoms with Crippen LogP contribution >= 0.6 is 0 Å². The summed E-state index contributed by atoms with van der Waals surface area (Å²) in [5.41, 5.74) is 3.21. The van der Waals surface area contributed by atoms with E-state index in [-0.39, 0.29) is 12.7 Å². The summed E-state index contributed by atoms with van der Waals surface area (Å²) in [4.78, 5) is 20.0. The zero-order valence-electron chi connectivity index (χ0n) is 18.3. The largest absolute Gasteiger partial charge is 0.491 e. The number of rotatable bonds is 7. The van der Waals surface area contributed by atoms with E-state index in [0.29, 0.717) is 30.4 Å². The minimum absolute atomic E-state index is 0.0664. The highest BCUT2D eigenvalue weighted by Gasteiger charge is 2.57. The Morgan fingerprint density at radius 3 is 2.73 bits per heavy atom. The summed E-state index contributed by atoms with van der Waals surface area (Å²) in [5, 5.41) is 3.48. The lowest BCUT2D eigenvalue weighted by Crippen LogP contribution is -2.43. The van der Waals surface area contributed by atoms with Crippen LogP contribution in [0.15, 0.2) is 60.9 Å². The van der Waals surface area contributed by atoms with Crippen LogP contribution in [0.1, 0.15) is 23.1 Å². The van der Waals surface area contributed by atoms with E-state index in [1.165, 1.54) is 5.56 Å². The van der Waals surface area contributed by atoms with Crippen LogP contribution in [0.5, 0.6) is 17.2 Å². The maximum absolute atomic E-state index is 13.9. The van der Waals surface area contributed by atoms with Crippen molar-refractivity contribution in [3.05, 3.63) is 77.6 Å². The number of carbonyl (C=O) groups excluding carboxylic acids is 1. The van der Waals surface area contributed by atoms with Crippen LogP contribution < -0.4 is 24.4 Å². The number of hydrogen-bond donors (Lipinski definition) is 1. The van der Waals surface area contributed by atoms with E-state index in [1.54, 1.807) is 6.20 Å². The lowest BCUT2D eigenvalue weighted by Gasteiger charge is -2.23. The van der Waals surface area contributed by atoms with Crippen LogP contribution in [0.25, 0.3) is 0 Å². The van der Waals surface area contributed by atoms with Gasteiger partial charge in [0.15, 0.2) is 11.5 Å². The van der Waals surface area contributed by atoms with E-state index >= 15 is 0 Å². The Bertz CT molecular complexity index is 1200. The Kier molecular flexibility index (Phi) is 4.91. The van der Waals surface area contributed by atoms with Crippen LogP contribution in [-0.2, 0) is 16.6 Å². The van der Waals surface area contributed by atoms with Gasteiger partial charge in [0.25, 0.3) is 0 Å². The first-order valence-corrected chi connectivity index (χ1v) is 11.4. The number of fused-ring (bicyclic) bond motifs is 5. The number of para-hydroxylation sites is 1. The molecule has 1 N–H and O–H groups in total. The minimum atomic E-state index is -0.833. The number of benzene rings is 2. The van der Waals surface area contributed by atoms with Crippen molar-refractivity contribution in [2.45, 2.75) is 18.3 Å². The standard InChI is InChI=1S/C26H25N3O4/c30-25-26(16-31-22-14-24-23(13-20(22)26)32-17-33-24)19-6-1-2-7-21(19)29(25)12-4-10-27-11-8-18-5-3-9-28-15-18/h1-3,5-7,9,13-15,27H,4,8,10-12,16-17H2. The van der Waals surface area contributed by atoms with Crippen LogP contribution in [0.3, 0.4) is 0 Å². The van der Waals surface area contributed by atoms with E-state index in [2.05, 4.69) is 16.4 Å². The zero-order valence-corrected chi connectivity index (χ0v) is 18.3. The lowest BCUT2D eigenvalue weighted by atomic mass is 9.77. The SMILES string of the molecule is O=C1N(CCCNCCc2cccnc2)c2ccccc2C12COc1cc3c(cc12)OCO3. The molecule has 4 heterocycles. The summed E-state index contributed by atoms with van der Waals surface area (Å²) in [6.45, 7) is 2.85. The van der Waals surface area contributed by atoms with Crippen molar-refractivity contribution in [2.24, 2.45) is 0 Å². The first kappa shape index (κ1) is 20.1. The summed E-state index contributed by atoms with van der Waals surface area (Å²) >= 11 is 0. The molecule has 3 aliphatic rings. The second-order valence-corrected chi connectivity index (χ2v) is 8.58. The van der Waals surface area contributed by atoms with Gasteiger partial charge in [0.2, 0.25) is 12.7 Å². The first-order chi connectivity index (χ1) is 16.3. The number of pyridine rings is 1. The number of nitrogens with one attached hydrogen (secondary N) is 1. The highest BCUT2D eigenvalue weighted by molar-refractivity contribution is 6.11. The van der Waals surface area contributed by atoms with Crippen molar-refractivity contribution >= 4 is 11.6 Å². The number of anilines is 1. The first-order valence-electron chi connectivity index (χ1n) is 11.4. The molecule has 1 unspecified atom stereocenters. The Balaban J connectivity index is 1.18. The van der Waals surface area contributed by atoms with Crippen molar-refractivity contribution in [1.82, 2.24) is 10.3 Å². The van der Waals surface area contributed by atoms with Gasteiger partial charge in [-0.05, 0) is 55.3 Å². The molecule has 1 aromatic heterocycles. The fraction of sp³-hybridized carbons (Fsp3) is 0.308. The second-order valence-electron chi connectivity index (χ2n) is 8.58. The third-order valence-corrected chi connectivity index (χ3v) is 6.69. The van der Waals surface area contributed by atoms with Crippen LogP contribution in [0, 0.1) is 0 Å². The molecule has 3 aromatic rings. The van der Waals surface area contributed by atoms with Gasteiger partial charge in [0.05, 0.1) is 0 Å². The molecule has 1 atom stereocenters.